The van der Waals surface area contributed by atoms with E-state index in [9.17, 15) is 14.7 Å². The van der Waals surface area contributed by atoms with Gasteiger partial charge in [0.15, 0.2) is 0 Å². The second-order valence-corrected chi connectivity index (χ2v) is 5.85. The van der Waals surface area contributed by atoms with Crippen LogP contribution in [0, 0.1) is 0 Å². The predicted molar refractivity (Wildman–Crippen MR) is 73.0 cm³/mol. The highest BCUT2D eigenvalue weighted by molar-refractivity contribution is 7.98. The molecule has 6 heteroatoms. The molecule has 1 aliphatic carbocycles. The summed E-state index contributed by atoms with van der Waals surface area (Å²) in [6.45, 7) is 1.96. The molecule has 1 aliphatic rings. The van der Waals surface area contributed by atoms with Crippen LogP contribution in [0.1, 0.15) is 32.6 Å². The number of aliphatic carboxylic acids is 1. The first-order valence-corrected chi connectivity index (χ1v) is 7.59. The van der Waals surface area contributed by atoms with Crippen LogP contribution in [0.4, 0.5) is 4.79 Å². The summed E-state index contributed by atoms with van der Waals surface area (Å²) < 4.78 is 0. The number of hydrogen-bond donors (Lipinski definition) is 2. The Bertz CT molecular complexity index is 316. The number of nitrogens with one attached hydrogen (secondary N) is 1. The lowest BCUT2D eigenvalue weighted by atomic mass is 9.98. The fraction of sp³-hybridized carbons (Fsp3) is 0.833. The SMILES string of the molecule is CSCC(C)N(C)C(=O)NC1(C(=O)O)CCCC1. The lowest BCUT2D eigenvalue weighted by Crippen LogP contribution is -2.57. The van der Waals surface area contributed by atoms with Crippen molar-refractivity contribution in [3.8, 4) is 0 Å². The average molecular weight is 274 g/mol. The Labute approximate surface area is 112 Å². The maximum absolute atomic E-state index is 12.1. The highest BCUT2D eigenvalue weighted by Crippen LogP contribution is 2.30. The Hall–Kier alpha value is -0.910. The minimum atomic E-state index is -1.05. The Morgan fingerprint density at radius 2 is 2.00 bits per heavy atom. The molecule has 5 nitrogen and oxygen atoms in total. The second kappa shape index (κ2) is 6.31. The molecule has 18 heavy (non-hydrogen) atoms. The van der Waals surface area contributed by atoms with E-state index in [0.29, 0.717) is 12.8 Å². The van der Waals surface area contributed by atoms with Gasteiger partial charge in [-0.25, -0.2) is 9.59 Å². The normalized spacial score (nSPS) is 19.3. The molecule has 0 saturated heterocycles. The molecule has 1 saturated carbocycles. The number of rotatable bonds is 5. The third kappa shape index (κ3) is 3.31. The highest BCUT2D eigenvalue weighted by Gasteiger charge is 2.43. The number of nitrogens with zero attached hydrogens (tertiary/aromatic N) is 1. The van der Waals surface area contributed by atoms with Crippen LogP contribution in [-0.4, -0.2) is 52.6 Å². The third-order valence-electron chi connectivity index (χ3n) is 3.60. The van der Waals surface area contributed by atoms with Gasteiger partial charge in [-0.2, -0.15) is 11.8 Å². The molecular formula is C12H22N2O3S. The van der Waals surface area contributed by atoms with Gasteiger partial charge in [0, 0.05) is 18.8 Å². The first-order chi connectivity index (χ1) is 8.43. The zero-order valence-electron chi connectivity index (χ0n) is 11.2. The van der Waals surface area contributed by atoms with Crippen LogP contribution in [0.15, 0.2) is 0 Å². The standard InChI is InChI=1S/C12H22N2O3S/c1-9(8-18-3)14(2)11(17)13-12(10(15)16)6-4-5-7-12/h9H,4-8H2,1-3H3,(H,13,17)(H,15,16). The Morgan fingerprint density at radius 3 is 2.44 bits per heavy atom. The molecular weight excluding hydrogens is 252 g/mol. The summed E-state index contributed by atoms with van der Waals surface area (Å²) in [4.78, 5) is 25.0. The van der Waals surface area contributed by atoms with Crippen LogP contribution in [0.3, 0.4) is 0 Å². The van der Waals surface area contributed by atoms with Crippen molar-refractivity contribution in [1.82, 2.24) is 10.2 Å². The van der Waals surface area contributed by atoms with E-state index in [-0.39, 0.29) is 12.1 Å². The van der Waals surface area contributed by atoms with E-state index in [1.54, 1.807) is 23.7 Å². The molecule has 0 radical (unpaired) electrons. The lowest BCUT2D eigenvalue weighted by molar-refractivity contribution is -0.144. The van der Waals surface area contributed by atoms with Gasteiger partial charge in [-0.1, -0.05) is 12.8 Å². The van der Waals surface area contributed by atoms with Crippen LogP contribution < -0.4 is 5.32 Å². The van der Waals surface area contributed by atoms with E-state index in [2.05, 4.69) is 5.32 Å². The van der Waals surface area contributed by atoms with Crippen LogP contribution in [0.2, 0.25) is 0 Å². The molecule has 0 aromatic rings. The van der Waals surface area contributed by atoms with Crippen molar-refractivity contribution in [3.05, 3.63) is 0 Å². The van der Waals surface area contributed by atoms with Gasteiger partial charge in [-0.15, -0.1) is 0 Å². The van der Waals surface area contributed by atoms with Crippen LogP contribution in [0.5, 0.6) is 0 Å². The summed E-state index contributed by atoms with van der Waals surface area (Å²) in [7, 11) is 1.71. The number of carboxylic acids is 1. The fourth-order valence-corrected chi connectivity index (χ4v) is 2.92. The van der Waals surface area contributed by atoms with E-state index >= 15 is 0 Å². The van der Waals surface area contributed by atoms with Crippen molar-refractivity contribution < 1.29 is 14.7 Å². The van der Waals surface area contributed by atoms with E-state index in [0.717, 1.165) is 18.6 Å². The molecule has 1 rings (SSSR count). The molecule has 2 N–H and O–H groups in total. The minimum absolute atomic E-state index is 0.0900. The summed E-state index contributed by atoms with van der Waals surface area (Å²) in [5.74, 6) is -0.0800. The summed E-state index contributed by atoms with van der Waals surface area (Å²) >= 11 is 1.67. The molecule has 0 aromatic carbocycles. The Morgan fingerprint density at radius 1 is 1.44 bits per heavy atom. The van der Waals surface area contributed by atoms with Crippen LogP contribution in [-0.2, 0) is 4.79 Å². The molecule has 0 bridgehead atoms. The fourth-order valence-electron chi connectivity index (χ4n) is 2.22. The summed E-state index contributed by atoms with van der Waals surface area (Å²) in [6, 6.07) is -0.201. The quantitative estimate of drug-likeness (QED) is 0.801. The topological polar surface area (TPSA) is 69.6 Å². The molecule has 2 amide bonds. The van der Waals surface area contributed by atoms with Gasteiger partial charge in [0.2, 0.25) is 0 Å². The van der Waals surface area contributed by atoms with Crippen molar-refractivity contribution in [2.45, 2.75) is 44.2 Å². The van der Waals surface area contributed by atoms with Gasteiger partial charge in [-0.3, -0.25) is 0 Å². The van der Waals surface area contributed by atoms with Gasteiger partial charge < -0.3 is 15.3 Å². The van der Waals surface area contributed by atoms with Gasteiger partial charge in [0.05, 0.1) is 0 Å². The van der Waals surface area contributed by atoms with E-state index in [1.807, 2.05) is 13.2 Å². The Balaban J connectivity index is 2.65. The molecule has 0 aromatic heterocycles. The molecule has 1 unspecified atom stereocenters. The number of thioether (sulfide) groups is 1. The average Bonchev–Trinajstić information content (AvgIpc) is 2.78. The molecule has 1 atom stereocenters. The van der Waals surface area contributed by atoms with Crippen LogP contribution >= 0.6 is 11.8 Å². The van der Waals surface area contributed by atoms with Crippen molar-refractivity contribution >= 4 is 23.8 Å². The summed E-state index contributed by atoms with van der Waals surface area (Å²) in [6.07, 6.45) is 4.75. The smallest absolute Gasteiger partial charge is 0.329 e. The zero-order valence-corrected chi connectivity index (χ0v) is 12.0. The lowest BCUT2D eigenvalue weighted by Gasteiger charge is -2.31. The van der Waals surface area contributed by atoms with Crippen LogP contribution in [0.25, 0.3) is 0 Å². The number of amides is 2. The Kier molecular flexibility index (Phi) is 5.31. The second-order valence-electron chi connectivity index (χ2n) is 4.94. The number of carbonyl (C=O) groups excluding carboxylic acids is 1. The number of carboxylic acid groups (broad SMARTS) is 1. The van der Waals surface area contributed by atoms with Crippen molar-refractivity contribution in [1.29, 1.82) is 0 Å². The van der Waals surface area contributed by atoms with E-state index < -0.39 is 11.5 Å². The van der Waals surface area contributed by atoms with Gasteiger partial charge in [-0.05, 0) is 26.0 Å². The largest absolute Gasteiger partial charge is 0.480 e. The molecule has 0 aliphatic heterocycles. The van der Waals surface area contributed by atoms with Gasteiger partial charge >= 0.3 is 12.0 Å². The molecule has 104 valence electrons. The minimum Gasteiger partial charge on any atom is -0.480 e. The molecule has 1 fully saturated rings. The van der Waals surface area contributed by atoms with Crippen molar-refractivity contribution in [3.63, 3.8) is 0 Å². The monoisotopic (exact) mass is 274 g/mol. The highest BCUT2D eigenvalue weighted by atomic mass is 32.2. The maximum atomic E-state index is 12.1. The summed E-state index contributed by atoms with van der Waals surface area (Å²) in [5.41, 5.74) is -1.05. The number of urea groups is 1. The maximum Gasteiger partial charge on any atom is 0.329 e. The zero-order chi connectivity index (χ0) is 13.8. The van der Waals surface area contributed by atoms with Crippen molar-refractivity contribution in [2.75, 3.05) is 19.1 Å². The van der Waals surface area contributed by atoms with E-state index in [1.165, 1.54) is 0 Å². The van der Waals surface area contributed by atoms with Gasteiger partial charge in [0.25, 0.3) is 0 Å². The number of carbonyl (C=O) groups is 2. The number of hydrogen-bond acceptors (Lipinski definition) is 3. The first kappa shape index (κ1) is 15.1. The molecule has 0 heterocycles. The molecule has 0 spiro atoms. The first-order valence-electron chi connectivity index (χ1n) is 6.20. The summed E-state index contributed by atoms with van der Waals surface area (Å²) in [5, 5.41) is 12.0. The van der Waals surface area contributed by atoms with Crippen molar-refractivity contribution in [2.24, 2.45) is 0 Å². The predicted octanol–water partition coefficient (Wildman–Crippen LogP) is 1.78. The van der Waals surface area contributed by atoms with Gasteiger partial charge in [0.1, 0.15) is 5.54 Å². The van der Waals surface area contributed by atoms with E-state index in [4.69, 9.17) is 0 Å². The third-order valence-corrected chi connectivity index (χ3v) is 4.42.